The highest BCUT2D eigenvalue weighted by Crippen LogP contribution is 2.41. The van der Waals surface area contributed by atoms with E-state index in [9.17, 15) is 0 Å². The molecule has 0 saturated heterocycles. The summed E-state index contributed by atoms with van der Waals surface area (Å²) in [7, 11) is 0. The van der Waals surface area contributed by atoms with E-state index in [-0.39, 0.29) is 11.0 Å². The minimum atomic E-state index is -0.357. The lowest BCUT2D eigenvalue weighted by atomic mass is 9.82. The second kappa shape index (κ2) is 7.81. The highest BCUT2D eigenvalue weighted by Gasteiger charge is 2.23. The molecule has 2 heteroatoms. The van der Waals surface area contributed by atoms with E-state index in [4.69, 9.17) is 4.84 Å². The molecule has 3 aromatic carbocycles. The summed E-state index contributed by atoms with van der Waals surface area (Å²) in [6.07, 6.45) is 0. The monoisotopic (exact) mass is 372 g/mol. The highest BCUT2D eigenvalue weighted by atomic mass is 16.7. The van der Waals surface area contributed by atoms with Gasteiger partial charge in [-0.25, -0.2) is 4.84 Å². The predicted octanol–water partition coefficient (Wildman–Crippen LogP) is 7.28. The SMILES string of the molecule is CC(C)(C)O[N]c1c(-c2ccccc2)cc(C(C)(C)C)cc1-c1ccccc1. The van der Waals surface area contributed by atoms with Crippen LogP contribution in [0.4, 0.5) is 5.69 Å². The molecule has 0 fully saturated rings. The van der Waals surface area contributed by atoms with Gasteiger partial charge < -0.3 is 0 Å². The van der Waals surface area contributed by atoms with Crippen LogP contribution in [0, 0.1) is 0 Å². The molecule has 0 unspecified atom stereocenters. The fraction of sp³-hybridized carbons (Fsp3) is 0.308. The zero-order valence-corrected chi connectivity index (χ0v) is 17.8. The first kappa shape index (κ1) is 20.2. The Bertz CT molecular complexity index is 856. The van der Waals surface area contributed by atoms with Gasteiger partial charge >= 0.3 is 0 Å². The Morgan fingerprint density at radius 1 is 0.643 bits per heavy atom. The molecule has 28 heavy (non-hydrogen) atoms. The highest BCUT2D eigenvalue weighted by molar-refractivity contribution is 5.88. The lowest BCUT2D eigenvalue weighted by molar-refractivity contribution is -0.0541. The third-order valence-corrected chi connectivity index (χ3v) is 4.56. The normalized spacial score (nSPS) is 12.1. The van der Waals surface area contributed by atoms with Crippen LogP contribution >= 0.6 is 0 Å². The van der Waals surface area contributed by atoms with E-state index in [1.54, 1.807) is 0 Å². The van der Waals surface area contributed by atoms with Gasteiger partial charge in [0.1, 0.15) is 5.69 Å². The summed E-state index contributed by atoms with van der Waals surface area (Å²) in [5, 5.41) is 0. The minimum absolute atomic E-state index is 0.0243. The van der Waals surface area contributed by atoms with Gasteiger partial charge in [0.25, 0.3) is 0 Å². The molecule has 3 rings (SSSR count). The molecular formula is C26H30NO. The number of hydrogen-bond donors (Lipinski definition) is 0. The van der Waals surface area contributed by atoms with E-state index in [1.807, 2.05) is 32.9 Å². The smallest absolute Gasteiger partial charge is 0.106 e. The van der Waals surface area contributed by atoms with Gasteiger partial charge in [-0.3, -0.25) is 0 Å². The van der Waals surface area contributed by atoms with Crippen LogP contribution < -0.4 is 5.48 Å². The molecule has 0 amide bonds. The summed E-state index contributed by atoms with van der Waals surface area (Å²) in [5.74, 6) is 0. The van der Waals surface area contributed by atoms with Crippen molar-refractivity contribution in [2.24, 2.45) is 0 Å². The van der Waals surface area contributed by atoms with Crippen LogP contribution in [0.2, 0.25) is 0 Å². The largest absolute Gasteiger partial charge is 0.246 e. The summed E-state index contributed by atoms with van der Waals surface area (Å²) in [5.41, 5.74) is 10.9. The van der Waals surface area contributed by atoms with Gasteiger partial charge in [-0.1, -0.05) is 81.4 Å². The first-order valence-corrected chi connectivity index (χ1v) is 9.84. The van der Waals surface area contributed by atoms with Crippen molar-refractivity contribution < 1.29 is 4.84 Å². The Kier molecular flexibility index (Phi) is 5.62. The molecular weight excluding hydrogens is 342 g/mol. The third kappa shape index (κ3) is 4.82. The van der Waals surface area contributed by atoms with Gasteiger partial charge in [0.05, 0.1) is 5.60 Å². The van der Waals surface area contributed by atoms with E-state index in [0.29, 0.717) is 0 Å². The zero-order valence-electron chi connectivity index (χ0n) is 17.8. The predicted molar refractivity (Wildman–Crippen MR) is 119 cm³/mol. The fourth-order valence-electron chi connectivity index (χ4n) is 3.02. The van der Waals surface area contributed by atoms with Gasteiger partial charge in [-0.2, -0.15) is 0 Å². The van der Waals surface area contributed by atoms with Crippen LogP contribution in [-0.2, 0) is 10.3 Å². The Morgan fingerprint density at radius 2 is 1.07 bits per heavy atom. The molecule has 0 bridgehead atoms. The summed E-state index contributed by atoms with van der Waals surface area (Å²) < 4.78 is 0. The molecule has 0 heterocycles. The van der Waals surface area contributed by atoms with Gasteiger partial charge in [0, 0.05) is 11.1 Å². The summed E-state index contributed by atoms with van der Waals surface area (Å²) in [6.45, 7) is 12.8. The lowest BCUT2D eigenvalue weighted by Crippen LogP contribution is -2.23. The molecule has 3 aromatic rings. The van der Waals surface area contributed by atoms with Crippen LogP contribution in [0.25, 0.3) is 22.3 Å². The van der Waals surface area contributed by atoms with E-state index >= 15 is 0 Å². The molecule has 0 spiro atoms. The number of benzene rings is 3. The molecule has 0 N–H and O–H groups in total. The molecule has 145 valence electrons. The summed E-state index contributed by atoms with van der Waals surface area (Å²) in [6, 6.07) is 25.4. The van der Waals surface area contributed by atoms with Crippen molar-refractivity contribution in [3.63, 3.8) is 0 Å². The topological polar surface area (TPSA) is 23.3 Å². The van der Waals surface area contributed by atoms with E-state index in [0.717, 1.165) is 27.9 Å². The Morgan fingerprint density at radius 3 is 1.43 bits per heavy atom. The van der Waals surface area contributed by atoms with Crippen molar-refractivity contribution >= 4 is 5.69 Å². The van der Waals surface area contributed by atoms with Gasteiger partial charge in [-0.05, 0) is 55.0 Å². The Hall–Kier alpha value is -2.58. The van der Waals surface area contributed by atoms with Gasteiger partial charge in [0.2, 0.25) is 0 Å². The van der Waals surface area contributed by atoms with Crippen molar-refractivity contribution in [3.8, 4) is 22.3 Å². The van der Waals surface area contributed by atoms with Crippen LogP contribution in [0.5, 0.6) is 0 Å². The minimum Gasteiger partial charge on any atom is -0.246 e. The zero-order chi connectivity index (χ0) is 20.4. The molecule has 0 aliphatic rings. The van der Waals surface area contributed by atoms with Crippen molar-refractivity contribution in [3.05, 3.63) is 78.4 Å². The number of rotatable bonds is 4. The Balaban J connectivity index is 2.28. The fourth-order valence-corrected chi connectivity index (χ4v) is 3.02. The molecule has 0 aliphatic heterocycles. The molecule has 1 radical (unpaired) electrons. The first-order valence-electron chi connectivity index (χ1n) is 9.84. The molecule has 0 atom stereocenters. The number of hydrogen-bond acceptors (Lipinski definition) is 1. The second-order valence-electron chi connectivity index (χ2n) is 9.20. The van der Waals surface area contributed by atoms with Crippen LogP contribution in [0.15, 0.2) is 72.8 Å². The van der Waals surface area contributed by atoms with E-state index in [1.165, 1.54) is 5.56 Å². The maximum absolute atomic E-state index is 5.89. The lowest BCUT2D eigenvalue weighted by Gasteiger charge is -2.25. The third-order valence-electron chi connectivity index (χ3n) is 4.56. The average molecular weight is 373 g/mol. The second-order valence-corrected chi connectivity index (χ2v) is 9.20. The van der Waals surface area contributed by atoms with Crippen LogP contribution in [-0.4, -0.2) is 5.60 Å². The average Bonchev–Trinajstić information content (AvgIpc) is 2.66. The van der Waals surface area contributed by atoms with Crippen LogP contribution in [0.3, 0.4) is 0 Å². The van der Waals surface area contributed by atoms with E-state index in [2.05, 4.69) is 86.9 Å². The molecule has 0 aromatic heterocycles. The standard InChI is InChI=1S/C26H30NO/c1-25(2,3)21-17-22(19-13-9-7-10-14-19)24(27-28-26(4,5)6)23(18-21)20-15-11-8-12-16-20/h7-18H,1-6H3. The number of nitrogens with zero attached hydrogens (tertiary/aromatic N) is 1. The maximum atomic E-state index is 5.89. The van der Waals surface area contributed by atoms with Crippen molar-refractivity contribution in [2.45, 2.75) is 52.6 Å². The Labute approximate surface area is 169 Å². The van der Waals surface area contributed by atoms with Crippen molar-refractivity contribution in [1.29, 1.82) is 0 Å². The van der Waals surface area contributed by atoms with E-state index < -0.39 is 0 Å². The molecule has 0 aliphatic carbocycles. The van der Waals surface area contributed by atoms with Crippen molar-refractivity contribution in [2.75, 3.05) is 0 Å². The van der Waals surface area contributed by atoms with Crippen LogP contribution in [0.1, 0.15) is 47.1 Å². The van der Waals surface area contributed by atoms with Gasteiger partial charge in [-0.15, -0.1) is 5.48 Å². The summed E-state index contributed by atoms with van der Waals surface area (Å²) >= 11 is 0. The quantitative estimate of drug-likeness (QED) is 0.441. The van der Waals surface area contributed by atoms with Crippen molar-refractivity contribution in [1.82, 2.24) is 5.48 Å². The maximum Gasteiger partial charge on any atom is 0.106 e. The molecule has 0 saturated carbocycles. The first-order chi connectivity index (χ1) is 13.1. The van der Waals surface area contributed by atoms with Gasteiger partial charge in [0.15, 0.2) is 0 Å². The summed E-state index contributed by atoms with van der Waals surface area (Å²) in [4.78, 5) is 5.89. The molecule has 2 nitrogen and oxygen atoms in total.